The number of aliphatic hydroxyl groups is 1. The Hall–Kier alpha value is -1.84. The monoisotopic (exact) mass is 402 g/mol. The van der Waals surface area contributed by atoms with Gasteiger partial charge in [-0.3, -0.25) is 0 Å². The fourth-order valence-corrected chi connectivity index (χ4v) is 4.25. The molecule has 0 saturated heterocycles. The van der Waals surface area contributed by atoms with Gasteiger partial charge in [-0.25, -0.2) is 4.58 Å². The molecule has 4 rings (SSSR count). The van der Waals surface area contributed by atoms with Gasteiger partial charge in [-0.1, -0.05) is 0 Å². The predicted molar refractivity (Wildman–Crippen MR) is 90.9 cm³/mol. The Morgan fingerprint density at radius 1 is 1.04 bits per heavy atom. The van der Waals surface area contributed by atoms with E-state index in [4.69, 9.17) is 28.1 Å². The third kappa shape index (κ3) is 4.20. The quantitative estimate of drug-likeness (QED) is 0.524. The third-order valence-electron chi connectivity index (χ3n) is 5.31. The van der Waals surface area contributed by atoms with Crippen LogP contribution in [0.25, 0.3) is 0 Å². The molecule has 1 aliphatic carbocycles. The van der Waals surface area contributed by atoms with Crippen LogP contribution in [0.15, 0.2) is 23.5 Å². The summed E-state index contributed by atoms with van der Waals surface area (Å²) in [7, 11) is -0.815. The van der Waals surface area contributed by atoms with Gasteiger partial charge >= 0.3 is 28.9 Å². The molecule has 0 amide bonds. The summed E-state index contributed by atoms with van der Waals surface area (Å²) in [6, 6.07) is 4.69. The van der Waals surface area contributed by atoms with Crippen LogP contribution >= 0.6 is 0 Å². The van der Waals surface area contributed by atoms with Crippen LogP contribution in [0, 0.1) is 10.2 Å². The number of hydrogen-bond acceptors (Lipinski definition) is 7. The fraction of sp³-hybridized carbons (Fsp3) is 0.500. The molecule has 0 saturated carbocycles. The number of rotatable bonds is 2. The van der Waals surface area contributed by atoms with Crippen molar-refractivity contribution in [2.75, 3.05) is 20.8 Å². The van der Waals surface area contributed by atoms with E-state index in [1.54, 1.807) is 14.2 Å². The van der Waals surface area contributed by atoms with Gasteiger partial charge < -0.3 is 14.6 Å². The van der Waals surface area contributed by atoms with Gasteiger partial charge in [-0.05, 0) is 24.1 Å². The second-order valence-electron chi connectivity index (χ2n) is 6.71. The molecule has 1 atom stereocenters. The maximum absolute atomic E-state index is 10.1. The minimum atomic E-state index is -4.19. The van der Waals surface area contributed by atoms with Gasteiger partial charge in [0.05, 0.1) is 19.8 Å². The Morgan fingerprint density at radius 2 is 1.67 bits per heavy atom. The number of ether oxygens (including phenoxy) is 2. The summed E-state index contributed by atoms with van der Waals surface area (Å²) in [5.74, 6) is 2.24. The number of halogens is 1. The first-order chi connectivity index (χ1) is 12.7. The van der Waals surface area contributed by atoms with Crippen LogP contribution in [-0.2, 0) is 6.42 Å². The van der Waals surface area contributed by atoms with Crippen molar-refractivity contribution in [2.45, 2.75) is 38.1 Å². The zero-order valence-corrected chi connectivity index (χ0v) is 16.1. The van der Waals surface area contributed by atoms with Gasteiger partial charge in [-0.2, -0.15) is 0 Å². The number of benzene rings is 1. The van der Waals surface area contributed by atoms with Crippen LogP contribution in [0.3, 0.4) is 0 Å². The van der Waals surface area contributed by atoms with E-state index in [1.807, 2.05) is 0 Å². The summed E-state index contributed by atoms with van der Waals surface area (Å²) in [5, 5.41) is 10.1. The van der Waals surface area contributed by atoms with Crippen molar-refractivity contribution in [2.24, 2.45) is 0 Å². The number of fused-ring (bicyclic) bond motifs is 4. The molecule has 1 aromatic carbocycles. The molecule has 150 valence electrons. The van der Waals surface area contributed by atoms with E-state index in [0.29, 0.717) is 11.8 Å². The minimum absolute atomic E-state index is 0.410. The van der Waals surface area contributed by atoms with Gasteiger partial charge in [0, 0.05) is 31.2 Å². The van der Waals surface area contributed by atoms with Crippen LogP contribution < -0.4 is 14.1 Å². The number of methoxy groups -OCH3 is 2. The molecule has 1 aromatic rings. The Labute approximate surface area is 159 Å². The fourth-order valence-electron chi connectivity index (χ4n) is 4.25. The number of hydrogen-bond donors (Lipinski definition) is 4. The normalized spacial score (nSPS) is 21.6. The van der Waals surface area contributed by atoms with Crippen molar-refractivity contribution in [1.29, 1.82) is 0 Å². The van der Waals surface area contributed by atoms with Gasteiger partial charge in [0.25, 0.3) is 0 Å². The van der Waals surface area contributed by atoms with Crippen molar-refractivity contribution in [3.63, 3.8) is 0 Å². The zero-order chi connectivity index (χ0) is 19.8. The summed E-state index contributed by atoms with van der Waals surface area (Å²) >= 11 is 0. The molecule has 0 fully saturated rings. The van der Waals surface area contributed by atoms with Gasteiger partial charge in [0.2, 0.25) is 0 Å². The van der Waals surface area contributed by atoms with E-state index in [2.05, 4.69) is 16.7 Å². The van der Waals surface area contributed by atoms with E-state index >= 15 is 0 Å². The zero-order valence-electron chi connectivity index (χ0n) is 15.3. The van der Waals surface area contributed by atoms with E-state index < -0.39 is 10.2 Å². The molecule has 27 heavy (non-hydrogen) atoms. The summed E-state index contributed by atoms with van der Waals surface area (Å²) in [6.45, 7) is 1.03. The van der Waals surface area contributed by atoms with Crippen molar-refractivity contribution in [3.8, 4) is 11.5 Å². The summed E-state index contributed by atoms with van der Waals surface area (Å²) in [5.41, 5.74) is 5.31. The molecule has 3 aliphatic rings. The molecule has 0 radical (unpaired) electrons. The standard InChI is InChI=1S/C18H21NO3.ClH3O4/c1-21-17-9-11-7-8-19-14-5-6-16(20)12(14)3-4-15(19)13(11)10-18(17)22-2;2-1(3,4)5/h9-10,15H,3-8H2,1-2H3;2-4H/p+1. The Bertz CT molecular complexity index is 792. The Morgan fingerprint density at radius 3 is 2.30 bits per heavy atom. The van der Waals surface area contributed by atoms with Crippen molar-refractivity contribution in [3.05, 3.63) is 34.6 Å². The first-order valence-corrected chi connectivity index (χ1v) is 10.00. The SMILES string of the molecule is COc1cc2c(cc1OC)C1CCC3=C(O)CCC3=[N+]1CC2.[O-][Cl+](O)(O)O. The number of nitrogens with zero attached hydrogens (tertiary/aromatic N) is 1. The molecule has 2 aliphatic heterocycles. The van der Waals surface area contributed by atoms with Crippen molar-refractivity contribution >= 4 is 5.71 Å². The summed E-state index contributed by atoms with van der Waals surface area (Å²) in [6.07, 6.45) is 4.86. The van der Waals surface area contributed by atoms with Crippen molar-refractivity contribution < 1.29 is 48.0 Å². The third-order valence-corrected chi connectivity index (χ3v) is 5.31. The molecule has 0 spiro atoms. The average Bonchev–Trinajstić information content (AvgIpc) is 3.00. The Balaban J connectivity index is 0.000000376. The second-order valence-corrected chi connectivity index (χ2v) is 7.58. The molecule has 8 nitrogen and oxygen atoms in total. The summed E-state index contributed by atoms with van der Waals surface area (Å²) in [4.78, 5) is 0. The van der Waals surface area contributed by atoms with Gasteiger partial charge in [0.15, 0.2) is 23.3 Å². The van der Waals surface area contributed by atoms with Crippen LogP contribution in [-0.4, -0.2) is 50.1 Å². The van der Waals surface area contributed by atoms with Crippen LogP contribution in [0.1, 0.15) is 42.9 Å². The van der Waals surface area contributed by atoms with E-state index in [0.717, 1.165) is 50.1 Å². The first-order valence-electron chi connectivity index (χ1n) is 8.67. The van der Waals surface area contributed by atoms with Crippen LogP contribution in [0.5, 0.6) is 11.5 Å². The van der Waals surface area contributed by atoms with Crippen LogP contribution in [0.4, 0.5) is 0 Å². The van der Waals surface area contributed by atoms with Gasteiger partial charge in [0.1, 0.15) is 12.3 Å². The number of aliphatic hydroxyl groups excluding tert-OH is 1. The number of allylic oxidation sites excluding steroid dienone is 2. The molecule has 0 bridgehead atoms. The van der Waals surface area contributed by atoms with Crippen molar-refractivity contribution in [1.82, 2.24) is 0 Å². The van der Waals surface area contributed by atoms with Gasteiger partial charge in [-0.15, -0.1) is 0 Å². The molecule has 0 aromatic heterocycles. The van der Waals surface area contributed by atoms with E-state index in [-0.39, 0.29) is 0 Å². The summed E-state index contributed by atoms with van der Waals surface area (Å²) < 4.78 is 43.7. The molecular formula is C18H25ClNO7+. The predicted octanol–water partition coefficient (Wildman–Crippen LogP) is 0.294. The second kappa shape index (κ2) is 7.65. The first kappa shape index (κ1) is 19.9. The maximum atomic E-state index is 10.1. The molecule has 1 unspecified atom stereocenters. The van der Waals surface area contributed by atoms with Crippen LogP contribution in [0.2, 0.25) is 0 Å². The average molecular weight is 403 g/mol. The molecule has 4 N–H and O–H groups in total. The van der Waals surface area contributed by atoms with E-state index in [9.17, 15) is 5.11 Å². The van der Waals surface area contributed by atoms with E-state index in [1.165, 1.54) is 22.4 Å². The Kier molecular flexibility index (Phi) is 5.64. The topological polar surface area (TPSA) is 125 Å². The molecule has 2 heterocycles. The molecular weight excluding hydrogens is 378 g/mol. The molecule has 9 heteroatoms.